The SMILES string of the molecule is CCCCS(=O)(=O)NCCCCNCCCCNCCCCNC(=N)N. The van der Waals surface area contributed by atoms with Gasteiger partial charge in [0.1, 0.15) is 0 Å². The molecule has 0 atom stereocenters. The third-order valence-electron chi connectivity index (χ3n) is 3.92. The Balaban J connectivity index is 3.19. The van der Waals surface area contributed by atoms with Gasteiger partial charge in [0.05, 0.1) is 5.75 Å². The van der Waals surface area contributed by atoms with Gasteiger partial charge in [-0.15, -0.1) is 0 Å². The van der Waals surface area contributed by atoms with Gasteiger partial charge < -0.3 is 21.7 Å². The Morgan fingerprint density at radius 3 is 1.73 bits per heavy atom. The lowest BCUT2D eigenvalue weighted by molar-refractivity contribution is 0.549. The summed E-state index contributed by atoms with van der Waals surface area (Å²) in [6, 6.07) is 0. The molecule has 26 heavy (non-hydrogen) atoms. The minimum absolute atomic E-state index is 0.0405. The second-order valence-corrected chi connectivity index (χ2v) is 8.45. The minimum Gasteiger partial charge on any atom is -0.370 e. The number of guanidine groups is 1. The van der Waals surface area contributed by atoms with Crippen molar-refractivity contribution < 1.29 is 8.42 Å². The van der Waals surface area contributed by atoms with Crippen molar-refractivity contribution in [2.45, 2.75) is 58.3 Å². The van der Waals surface area contributed by atoms with Gasteiger partial charge in [0, 0.05) is 13.1 Å². The van der Waals surface area contributed by atoms with Gasteiger partial charge in [-0.25, -0.2) is 13.1 Å². The van der Waals surface area contributed by atoms with E-state index in [1.54, 1.807) is 0 Å². The molecule has 0 rings (SSSR count). The molecule has 0 aliphatic carbocycles. The largest absolute Gasteiger partial charge is 0.370 e. The fraction of sp³-hybridized carbons (Fsp3) is 0.941. The fourth-order valence-electron chi connectivity index (χ4n) is 2.36. The topological polar surface area (TPSA) is 132 Å². The molecule has 9 heteroatoms. The maximum absolute atomic E-state index is 11.6. The van der Waals surface area contributed by atoms with Crippen molar-refractivity contribution in [2.24, 2.45) is 5.73 Å². The molecule has 0 amide bonds. The molecule has 0 radical (unpaired) electrons. The molecule has 0 saturated carbocycles. The molecule has 0 fully saturated rings. The number of hydrogen-bond donors (Lipinski definition) is 6. The van der Waals surface area contributed by atoms with Crippen molar-refractivity contribution in [1.82, 2.24) is 20.7 Å². The Hall–Kier alpha value is -0.900. The van der Waals surface area contributed by atoms with E-state index in [9.17, 15) is 8.42 Å². The number of nitrogens with one attached hydrogen (secondary N) is 5. The van der Waals surface area contributed by atoms with Crippen molar-refractivity contribution in [3.05, 3.63) is 0 Å². The zero-order valence-electron chi connectivity index (χ0n) is 16.4. The van der Waals surface area contributed by atoms with Gasteiger partial charge in [0.25, 0.3) is 0 Å². The first kappa shape index (κ1) is 25.1. The van der Waals surface area contributed by atoms with Crippen LogP contribution in [0, 0.1) is 5.41 Å². The molecule has 0 aromatic carbocycles. The molecule has 0 aromatic rings. The van der Waals surface area contributed by atoms with Crippen LogP contribution < -0.4 is 26.4 Å². The van der Waals surface area contributed by atoms with E-state index >= 15 is 0 Å². The van der Waals surface area contributed by atoms with Crippen LogP contribution in [0.4, 0.5) is 0 Å². The number of nitrogens with two attached hydrogens (primary N) is 1. The van der Waals surface area contributed by atoms with E-state index in [1.807, 2.05) is 6.92 Å². The van der Waals surface area contributed by atoms with Gasteiger partial charge in [-0.3, -0.25) is 5.41 Å². The van der Waals surface area contributed by atoms with E-state index in [1.165, 1.54) is 0 Å². The first-order chi connectivity index (χ1) is 12.5. The highest BCUT2D eigenvalue weighted by atomic mass is 32.2. The summed E-state index contributed by atoms with van der Waals surface area (Å²) in [6.45, 7) is 7.27. The first-order valence-electron chi connectivity index (χ1n) is 9.94. The molecular weight excluding hydrogens is 352 g/mol. The van der Waals surface area contributed by atoms with Crippen molar-refractivity contribution in [2.75, 3.05) is 45.0 Å². The second kappa shape index (κ2) is 17.5. The Bertz CT molecular complexity index is 431. The average Bonchev–Trinajstić information content (AvgIpc) is 2.59. The summed E-state index contributed by atoms with van der Waals surface area (Å²) in [5, 5.41) is 16.6. The van der Waals surface area contributed by atoms with E-state index < -0.39 is 10.0 Å². The van der Waals surface area contributed by atoms with Crippen LogP contribution >= 0.6 is 0 Å². The van der Waals surface area contributed by atoms with Gasteiger partial charge in [-0.1, -0.05) is 13.3 Å². The van der Waals surface area contributed by atoms with E-state index in [-0.39, 0.29) is 11.7 Å². The van der Waals surface area contributed by atoms with Crippen molar-refractivity contribution >= 4 is 16.0 Å². The van der Waals surface area contributed by atoms with Crippen LogP contribution in [0.15, 0.2) is 0 Å². The standard InChI is InChI=1S/C17H40N6O2S/c1-2-3-16-26(24,25)23-15-9-7-13-21-11-5-4-10-20-12-6-8-14-22-17(18)19/h20-21,23H,2-16H2,1H3,(H4,18,19,22). The summed E-state index contributed by atoms with van der Waals surface area (Å²) in [5.41, 5.74) is 5.20. The summed E-state index contributed by atoms with van der Waals surface area (Å²) < 4.78 is 25.9. The van der Waals surface area contributed by atoms with Gasteiger partial charge in [-0.05, 0) is 71.1 Å². The number of unbranched alkanes of at least 4 members (excludes halogenated alkanes) is 4. The minimum atomic E-state index is -3.06. The van der Waals surface area contributed by atoms with Crippen LogP contribution in [0.2, 0.25) is 0 Å². The van der Waals surface area contributed by atoms with E-state index in [4.69, 9.17) is 11.1 Å². The molecule has 0 heterocycles. The van der Waals surface area contributed by atoms with E-state index in [0.717, 1.165) is 84.1 Å². The van der Waals surface area contributed by atoms with Crippen molar-refractivity contribution in [3.8, 4) is 0 Å². The Labute approximate surface area is 160 Å². The summed E-state index contributed by atoms with van der Waals surface area (Å²) in [4.78, 5) is 0. The van der Waals surface area contributed by atoms with Crippen LogP contribution in [-0.2, 0) is 10.0 Å². The van der Waals surface area contributed by atoms with Crippen LogP contribution in [0.1, 0.15) is 58.3 Å². The normalized spacial score (nSPS) is 11.6. The third-order valence-corrected chi connectivity index (χ3v) is 5.39. The van der Waals surface area contributed by atoms with Gasteiger partial charge in [0.2, 0.25) is 10.0 Å². The van der Waals surface area contributed by atoms with Crippen LogP contribution in [0.5, 0.6) is 0 Å². The lowest BCUT2D eigenvalue weighted by Gasteiger charge is -2.08. The van der Waals surface area contributed by atoms with Crippen molar-refractivity contribution in [3.63, 3.8) is 0 Å². The predicted molar refractivity (Wildman–Crippen MR) is 110 cm³/mol. The van der Waals surface area contributed by atoms with Crippen LogP contribution in [-0.4, -0.2) is 59.4 Å². The summed E-state index contributed by atoms with van der Waals surface area (Å²) >= 11 is 0. The molecule has 0 bridgehead atoms. The third kappa shape index (κ3) is 19.4. The summed E-state index contributed by atoms with van der Waals surface area (Å²) in [5.74, 6) is 0.282. The van der Waals surface area contributed by atoms with Gasteiger partial charge in [-0.2, -0.15) is 0 Å². The Morgan fingerprint density at radius 1 is 0.808 bits per heavy atom. The summed E-state index contributed by atoms with van der Waals surface area (Å²) in [7, 11) is -3.06. The molecule has 156 valence electrons. The number of hydrogen-bond acceptors (Lipinski definition) is 5. The highest BCUT2D eigenvalue weighted by Crippen LogP contribution is 1.95. The van der Waals surface area contributed by atoms with Crippen LogP contribution in [0.3, 0.4) is 0 Å². The van der Waals surface area contributed by atoms with E-state index in [2.05, 4.69) is 20.7 Å². The maximum Gasteiger partial charge on any atom is 0.211 e. The molecule has 0 saturated heterocycles. The maximum atomic E-state index is 11.6. The molecular formula is C17H40N6O2S. The second-order valence-electron chi connectivity index (χ2n) is 6.53. The predicted octanol–water partition coefficient (Wildman–Crippen LogP) is 0.709. The number of sulfonamides is 1. The first-order valence-corrected chi connectivity index (χ1v) is 11.6. The molecule has 0 spiro atoms. The monoisotopic (exact) mass is 392 g/mol. The zero-order valence-corrected chi connectivity index (χ0v) is 17.2. The van der Waals surface area contributed by atoms with Gasteiger partial charge >= 0.3 is 0 Å². The summed E-state index contributed by atoms with van der Waals surface area (Å²) in [6.07, 6.45) is 7.88. The van der Waals surface area contributed by atoms with E-state index in [0.29, 0.717) is 6.54 Å². The molecule has 8 nitrogen and oxygen atoms in total. The highest BCUT2D eigenvalue weighted by Gasteiger charge is 2.07. The zero-order chi connectivity index (χ0) is 19.5. The molecule has 0 aliphatic heterocycles. The lowest BCUT2D eigenvalue weighted by Crippen LogP contribution is -2.31. The Kier molecular flexibility index (Phi) is 16.9. The van der Waals surface area contributed by atoms with Gasteiger partial charge in [0.15, 0.2) is 5.96 Å². The quantitative estimate of drug-likeness (QED) is 0.109. The average molecular weight is 393 g/mol. The molecule has 0 aliphatic rings. The number of rotatable bonds is 19. The van der Waals surface area contributed by atoms with Crippen LogP contribution in [0.25, 0.3) is 0 Å². The molecule has 0 unspecified atom stereocenters. The highest BCUT2D eigenvalue weighted by molar-refractivity contribution is 7.89. The smallest absolute Gasteiger partial charge is 0.211 e. The molecule has 7 N–H and O–H groups in total. The Morgan fingerprint density at radius 2 is 1.27 bits per heavy atom. The fourth-order valence-corrected chi connectivity index (χ4v) is 3.63. The lowest BCUT2D eigenvalue weighted by atomic mass is 10.2. The molecule has 0 aromatic heterocycles. The van der Waals surface area contributed by atoms with Crippen molar-refractivity contribution in [1.29, 1.82) is 5.41 Å².